The summed E-state index contributed by atoms with van der Waals surface area (Å²) in [4.78, 5) is 1.31. The summed E-state index contributed by atoms with van der Waals surface area (Å²) in [6, 6.07) is 2.81. The number of thiophene rings is 1. The molecule has 1 aromatic rings. The van der Waals surface area contributed by atoms with E-state index in [-0.39, 0.29) is 0 Å². The molecule has 2 atom stereocenters. The summed E-state index contributed by atoms with van der Waals surface area (Å²) in [6.07, 6.45) is 5.41. The zero-order valence-electron chi connectivity index (χ0n) is 9.43. The van der Waals surface area contributed by atoms with Gasteiger partial charge in [-0.2, -0.15) is 0 Å². The molecule has 0 spiro atoms. The molecule has 1 aromatic heterocycles. The number of halogens is 2. The van der Waals surface area contributed by atoms with Crippen LogP contribution in [0.4, 0.5) is 0 Å². The van der Waals surface area contributed by atoms with Crippen molar-refractivity contribution < 1.29 is 0 Å². The molecule has 16 heavy (non-hydrogen) atoms. The maximum Gasteiger partial charge on any atom is 0.107 e. The summed E-state index contributed by atoms with van der Waals surface area (Å²) >= 11 is 11.1. The highest BCUT2D eigenvalue weighted by atomic mass is 79.9. The fourth-order valence-corrected chi connectivity index (χ4v) is 4.08. The minimum Gasteiger partial charge on any atom is -0.309 e. The van der Waals surface area contributed by atoms with Crippen LogP contribution in [-0.2, 0) is 6.54 Å². The highest BCUT2D eigenvalue weighted by Crippen LogP contribution is 2.32. The van der Waals surface area contributed by atoms with Crippen LogP contribution in [0.5, 0.6) is 0 Å². The van der Waals surface area contributed by atoms with Crippen LogP contribution >= 0.6 is 38.9 Å². The molecule has 0 saturated heterocycles. The molecule has 0 aliphatic heterocycles. The van der Waals surface area contributed by atoms with Gasteiger partial charge in [0, 0.05) is 21.9 Å². The Morgan fingerprint density at radius 1 is 1.56 bits per heavy atom. The Bertz CT molecular complexity index is 333. The predicted octanol–water partition coefficient (Wildman–Crippen LogP) is 4.83. The first-order valence-corrected chi connectivity index (χ1v) is 7.81. The highest BCUT2D eigenvalue weighted by molar-refractivity contribution is 9.10. The maximum absolute atomic E-state index is 6.02. The van der Waals surface area contributed by atoms with Crippen molar-refractivity contribution in [3.05, 3.63) is 19.8 Å². The molecule has 2 unspecified atom stereocenters. The highest BCUT2D eigenvalue weighted by Gasteiger charge is 2.18. The Morgan fingerprint density at radius 3 is 3.00 bits per heavy atom. The average molecular weight is 323 g/mol. The molecule has 90 valence electrons. The van der Waals surface area contributed by atoms with Crippen LogP contribution in [0.25, 0.3) is 0 Å². The van der Waals surface area contributed by atoms with Crippen LogP contribution < -0.4 is 5.32 Å². The molecule has 1 fully saturated rings. The molecule has 0 bridgehead atoms. The van der Waals surface area contributed by atoms with Crippen molar-refractivity contribution in [1.29, 1.82) is 0 Å². The van der Waals surface area contributed by atoms with Crippen LogP contribution in [0.2, 0.25) is 4.34 Å². The molecule has 1 aliphatic rings. The van der Waals surface area contributed by atoms with Crippen LogP contribution in [-0.4, -0.2) is 6.04 Å². The van der Waals surface area contributed by atoms with Crippen molar-refractivity contribution in [2.75, 3.05) is 0 Å². The smallest absolute Gasteiger partial charge is 0.107 e. The molecular weight excluding hydrogens is 306 g/mol. The zero-order chi connectivity index (χ0) is 11.5. The van der Waals surface area contributed by atoms with Gasteiger partial charge in [0.2, 0.25) is 0 Å². The third-order valence-electron chi connectivity index (χ3n) is 3.20. The van der Waals surface area contributed by atoms with Crippen LogP contribution in [0.1, 0.15) is 37.5 Å². The first-order valence-electron chi connectivity index (χ1n) is 5.82. The standard InChI is InChI=1S/C12H17BrClNS/c1-8-3-2-4-9(5-8)15-7-10-6-11(13)12(14)16-10/h6,8-9,15H,2-5,7H2,1H3. The van der Waals surface area contributed by atoms with Gasteiger partial charge in [-0.15, -0.1) is 11.3 Å². The van der Waals surface area contributed by atoms with Gasteiger partial charge in [0.1, 0.15) is 4.34 Å². The maximum atomic E-state index is 6.02. The molecule has 1 N–H and O–H groups in total. The van der Waals surface area contributed by atoms with Crippen molar-refractivity contribution in [2.24, 2.45) is 5.92 Å². The van der Waals surface area contributed by atoms with Gasteiger partial charge in [0.25, 0.3) is 0 Å². The largest absolute Gasteiger partial charge is 0.309 e. The number of nitrogens with one attached hydrogen (secondary N) is 1. The second-order valence-corrected chi connectivity index (χ2v) is 7.28. The summed E-state index contributed by atoms with van der Waals surface area (Å²) in [7, 11) is 0. The van der Waals surface area contributed by atoms with E-state index >= 15 is 0 Å². The molecule has 0 radical (unpaired) electrons. The van der Waals surface area contributed by atoms with Crippen molar-refractivity contribution in [1.82, 2.24) is 5.32 Å². The van der Waals surface area contributed by atoms with Gasteiger partial charge in [-0.05, 0) is 40.8 Å². The molecule has 0 amide bonds. The Labute approximate surface area is 115 Å². The van der Waals surface area contributed by atoms with E-state index in [1.165, 1.54) is 30.6 Å². The monoisotopic (exact) mass is 321 g/mol. The quantitative estimate of drug-likeness (QED) is 0.840. The predicted molar refractivity (Wildman–Crippen MR) is 75.3 cm³/mol. The lowest BCUT2D eigenvalue weighted by atomic mass is 9.87. The topological polar surface area (TPSA) is 12.0 Å². The van der Waals surface area contributed by atoms with Gasteiger partial charge in [0.05, 0.1) is 0 Å². The summed E-state index contributed by atoms with van der Waals surface area (Å²) in [5.74, 6) is 0.880. The Hall–Kier alpha value is 0.430. The SMILES string of the molecule is CC1CCCC(NCc2cc(Br)c(Cl)s2)C1. The van der Waals surface area contributed by atoms with E-state index in [2.05, 4.69) is 34.2 Å². The van der Waals surface area contributed by atoms with Crippen LogP contribution in [0.15, 0.2) is 10.5 Å². The van der Waals surface area contributed by atoms with Gasteiger partial charge >= 0.3 is 0 Å². The second kappa shape index (κ2) is 5.85. The van der Waals surface area contributed by atoms with Crippen molar-refractivity contribution >= 4 is 38.9 Å². The minimum atomic E-state index is 0.698. The molecule has 1 aliphatic carbocycles. The Morgan fingerprint density at radius 2 is 2.38 bits per heavy atom. The van der Waals surface area contributed by atoms with Gasteiger partial charge in [0.15, 0.2) is 0 Å². The van der Waals surface area contributed by atoms with E-state index in [1.807, 2.05) is 0 Å². The lowest BCUT2D eigenvalue weighted by Crippen LogP contribution is -2.32. The molecular formula is C12H17BrClNS. The van der Waals surface area contributed by atoms with Gasteiger partial charge in [-0.3, -0.25) is 0 Å². The van der Waals surface area contributed by atoms with Gasteiger partial charge in [-0.25, -0.2) is 0 Å². The van der Waals surface area contributed by atoms with E-state index in [0.717, 1.165) is 21.3 Å². The van der Waals surface area contributed by atoms with Crippen molar-refractivity contribution in [2.45, 2.75) is 45.2 Å². The summed E-state index contributed by atoms with van der Waals surface area (Å²) in [6.45, 7) is 3.31. The summed E-state index contributed by atoms with van der Waals surface area (Å²) < 4.78 is 1.88. The Kier molecular flexibility index (Phi) is 4.71. The first kappa shape index (κ1) is 12.9. The molecule has 4 heteroatoms. The lowest BCUT2D eigenvalue weighted by molar-refractivity contribution is 0.301. The molecule has 1 heterocycles. The minimum absolute atomic E-state index is 0.698. The van der Waals surface area contributed by atoms with E-state index in [1.54, 1.807) is 11.3 Å². The third kappa shape index (κ3) is 3.46. The third-order valence-corrected chi connectivity index (χ3v) is 5.67. The number of hydrogen-bond acceptors (Lipinski definition) is 2. The fourth-order valence-electron chi connectivity index (χ4n) is 2.34. The fraction of sp³-hybridized carbons (Fsp3) is 0.667. The first-order chi connectivity index (χ1) is 7.65. The van der Waals surface area contributed by atoms with E-state index in [9.17, 15) is 0 Å². The van der Waals surface area contributed by atoms with Crippen LogP contribution in [0, 0.1) is 5.92 Å². The normalized spacial score (nSPS) is 25.9. The average Bonchev–Trinajstić information content (AvgIpc) is 2.56. The molecule has 1 nitrogen and oxygen atoms in total. The lowest BCUT2D eigenvalue weighted by Gasteiger charge is -2.27. The van der Waals surface area contributed by atoms with Crippen LogP contribution in [0.3, 0.4) is 0 Å². The Balaban J connectivity index is 1.82. The van der Waals surface area contributed by atoms with E-state index in [0.29, 0.717) is 6.04 Å². The summed E-state index contributed by atoms with van der Waals surface area (Å²) in [5.41, 5.74) is 0. The van der Waals surface area contributed by atoms with Crippen molar-refractivity contribution in [3.63, 3.8) is 0 Å². The molecule has 1 saturated carbocycles. The summed E-state index contributed by atoms with van der Waals surface area (Å²) in [5, 5.41) is 3.64. The van der Waals surface area contributed by atoms with E-state index < -0.39 is 0 Å². The van der Waals surface area contributed by atoms with Gasteiger partial charge < -0.3 is 5.32 Å². The van der Waals surface area contributed by atoms with Crippen molar-refractivity contribution in [3.8, 4) is 0 Å². The zero-order valence-corrected chi connectivity index (χ0v) is 12.6. The molecule has 0 aromatic carbocycles. The second-order valence-electron chi connectivity index (χ2n) is 4.68. The van der Waals surface area contributed by atoms with Gasteiger partial charge in [-0.1, -0.05) is 31.4 Å². The number of rotatable bonds is 3. The number of hydrogen-bond donors (Lipinski definition) is 1. The molecule has 2 rings (SSSR count). The van der Waals surface area contributed by atoms with E-state index in [4.69, 9.17) is 11.6 Å².